The Morgan fingerprint density at radius 1 is 0.909 bits per heavy atom. The van der Waals surface area contributed by atoms with Crippen molar-refractivity contribution < 1.29 is 23.9 Å². The van der Waals surface area contributed by atoms with Gasteiger partial charge in [0.1, 0.15) is 12.1 Å². The predicted molar refractivity (Wildman–Crippen MR) is 167 cm³/mol. The molecule has 10 heteroatoms. The van der Waals surface area contributed by atoms with Crippen LogP contribution >= 0.6 is 0 Å². The number of aryl methyl sites for hydroxylation is 1. The lowest BCUT2D eigenvalue weighted by atomic mass is 9.95. The molecule has 3 amide bonds. The van der Waals surface area contributed by atoms with Crippen molar-refractivity contribution in [3.8, 4) is 6.07 Å². The number of fused-ring (bicyclic) bond motifs is 2. The molecule has 10 nitrogen and oxygen atoms in total. The Morgan fingerprint density at radius 3 is 1.95 bits per heavy atom. The third-order valence-corrected chi connectivity index (χ3v) is 7.66. The van der Waals surface area contributed by atoms with E-state index in [1.165, 1.54) is 0 Å². The Bertz CT molecular complexity index is 1880. The van der Waals surface area contributed by atoms with E-state index in [1.54, 1.807) is 38.5 Å². The number of nitrogens with one attached hydrogen (secondary N) is 1. The number of hydrogen-bond acceptors (Lipinski definition) is 6. The van der Waals surface area contributed by atoms with Crippen molar-refractivity contribution in [1.29, 1.82) is 5.26 Å². The molecule has 1 N–H and O–H groups in total. The molecule has 0 aliphatic carbocycles. The predicted octanol–water partition coefficient (Wildman–Crippen LogP) is 5.29. The summed E-state index contributed by atoms with van der Waals surface area (Å²) in [6.45, 7) is 9.29. The largest absolute Gasteiger partial charge is 0.444 e. The topological polar surface area (TPSA) is 126 Å². The first-order valence-electron chi connectivity index (χ1n) is 14.6. The van der Waals surface area contributed by atoms with Crippen molar-refractivity contribution in [3.63, 3.8) is 0 Å². The van der Waals surface area contributed by atoms with Crippen LogP contribution in [0, 0.1) is 11.3 Å². The fraction of sp³-hybridized carbons (Fsp3) is 0.324. The van der Waals surface area contributed by atoms with Crippen LogP contribution in [-0.2, 0) is 32.2 Å². The van der Waals surface area contributed by atoms with Gasteiger partial charge >= 0.3 is 6.09 Å². The number of hydrogen-bond donors (Lipinski definition) is 1. The second kappa shape index (κ2) is 11.8. The number of amides is 3. The first-order chi connectivity index (χ1) is 20.9. The van der Waals surface area contributed by atoms with Crippen LogP contribution in [0.5, 0.6) is 0 Å². The van der Waals surface area contributed by atoms with E-state index in [0.29, 0.717) is 17.7 Å². The molecule has 0 saturated carbocycles. The molecule has 4 aromatic rings. The number of rotatable bonds is 9. The van der Waals surface area contributed by atoms with Gasteiger partial charge in [-0.15, -0.1) is 0 Å². The van der Waals surface area contributed by atoms with Crippen LogP contribution in [0.25, 0.3) is 33.0 Å². The number of Topliss-reactive ketones (excluding diaryl/α,β-unsaturated/α-hetero) is 1. The zero-order valence-electron chi connectivity index (χ0n) is 25.5. The maximum atomic E-state index is 14.2. The summed E-state index contributed by atoms with van der Waals surface area (Å²) in [7, 11) is 0. The standard InChI is InChI=1S/C34H35N5O5/c1-6-37-19-24(22-11-7-9-13-26(22)37)29-30(25-20-38(18-16-35)27-14-10-8-12-23(25)27)32(42)39(31(29)41)17-15-28(40)21(2)36-33(43)44-34(3,4)5/h7-14,19-21H,6,15,17-18H2,1-5H3,(H,36,43)/t21-/m0/s1. The van der Waals surface area contributed by atoms with Gasteiger partial charge in [-0.25, -0.2) is 4.79 Å². The van der Waals surface area contributed by atoms with E-state index >= 15 is 0 Å². The number of carbonyl (C=O) groups excluding carboxylic acids is 4. The third kappa shape index (κ3) is 5.61. The van der Waals surface area contributed by atoms with Gasteiger partial charge in [0.25, 0.3) is 11.8 Å². The van der Waals surface area contributed by atoms with E-state index in [2.05, 4.69) is 11.4 Å². The maximum absolute atomic E-state index is 14.2. The van der Waals surface area contributed by atoms with Crippen molar-refractivity contribution in [2.24, 2.45) is 0 Å². The molecule has 44 heavy (non-hydrogen) atoms. The molecule has 1 atom stereocenters. The molecule has 0 bridgehead atoms. The minimum absolute atomic E-state index is 0.0706. The van der Waals surface area contributed by atoms with Crippen LogP contribution in [0.1, 0.15) is 52.2 Å². The van der Waals surface area contributed by atoms with Crippen molar-refractivity contribution >= 4 is 56.6 Å². The van der Waals surface area contributed by atoms with Crippen LogP contribution in [0.15, 0.2) is 60.9 Å². The number of ether oxygens (including phenoxy) is 1. The monoisotopic (exact) mass is 593 g/mol. The number of alkyl carbamates (subject to hydrolysis) is 1. The smallest absolute Gasteiger partial charge is 0.408 e. The van der Waals surface area contributed by atoms with Gasteiger partial charge in [-0.3, -0.25) is 19.3 Å². The molecule has 1 aliphatic heterocycles. The van der Waals surface area contributed by atoms with E-state index < -0.39 is 29.6 Å². The number of nitriles is 1. The second-order valence-corrected chi connectivity index (χ2v) is 11.8. The molecule has 0 spiro atoms. The number of para-hydroxylation sites is 2. The van der Waals surface area contributed by atoms with Crippen molar-refractivity contribution in [3.05, 3.63) is 72.1 Å². The van der Waals surface area contributed by atoms with Gasteiger partial charge in [-0.1, -0.05) is 36.4 Å². The molecule has 0 saturated heterocycles. The molecule has 226 valence electrons. The summed E-state index contributed by atoms with van der Waals surface area (Å²) in [4.78, 5) is 54.7. The molecule has 5 rings (SSSR count). The highest BCUT2D eigenvalue weighted by atomic mass is 16.6. The van der Waals surface area contributed by atoms with Gasteiger partial charge in [0.05, 0.1) is 23.3 Å². The van der Waals surface area contributed by atoms with E-state index in [1.807, 2.05) is 66.2 Å². The normalized spacial score (nSPS) is 14.4. The first-order valence-corrected chi connectivity index (χ1v) is 14.6. The van der Waals surface area contributed by atoms with Crippen molar-refractivity contribution in [2.45, 2.75) is 65.8 Å². The van der Waals surface area contributed by atoms with Gasteiger partial charge in [0, 0.05) is 64.8 Å². The molecule has 1 aliphatic rings. The van der Waals surface area contributed by atoms with E-state index in [4.69, 9.17) is 4.74 Å². The van der Waals surface area contributed by atoms with Gasteiger partial charge in [-0.05, 0) is 46.8 Å². The molecule has 3 heterocycles. The maximum Gasteiger partial charge on any atom is 0.408 e. The van der Waals surface area contributed by atoms with E-state index in [-0.39, 0.29) is 36.4 Å². The molecule has 2 aromatic heterocycles. The number of imide groups is 1. The Balaban J connectivity index is 1.55. The fourth-order valence-corrected chi connectivity index (χ4v) is 5.64. The average Bonchev–Trinajstić information content (AvgIpc) is 3.60. The highest BCUT2D eigenvalue weighted by Gasteiger charge is 2.41. The highest BCUT2D eigenvalue weighted by Crippen LogP contribution is 2.41. The minimum Gasteiger partial charge on any atom is -0.444 e. The second-order valence-electron chi connectivity index (χ2n) is 11.8. The van der Waals surface area contributed by atoms with Gasteiger partial charge in [0.2, 0.25) is 0 Å². The zero-order chi connectivity index (χ0) is 31.8. The lowest BCUT2D eigenvalue weighted by Crippen LogP contribution is -2.43. The molecule has 0 unspecified atom stereocenters. The third-order valence-electron chi connectivity index (χ3n) is 7.66. The SMILES string of the molecule is CCn1cc(C2=C(c3cn(CC#N)c4ccccc34)C(=O)N(CCC(=O)[C@H](C)NC(=O)OC(C)(C)C)C2=O)c2ccccc21. The van der Waals surface area contributed by atoms with E-state index in [0.717, 1.165) is 26.7 Å². The summed E-state index contributed by atoms with van der Waals surface area (Å²) in [5.74, 6) is -1.36. The van der Waals surface area contributed by atoms with Crippen molar-refractivity contribution in [1.82, 2.24) is 19.4 Å². The Morgan fingerprint density at radius 2 is 1.43 bits per heavy atom. The number of ketones is 1. The van der Waals surface area contributed by atoms with Crippen LogP contribution in [0.2, 0.25) is 0 Å². The van der Waals surface area contributed by atoms with Gasteiger partial charge < -0.3 is 19.2 Å². The van der Waals surface area contributed by atoms with Crippen LogP contribution < -0.4 is 5.32 Å². The summed E-state index contributed by atoms with van der Waals surface area (Å²) in [5.41, 5.74) is 2.63. The van der Waals surface area contributed by atoms with E-state index in [9.17, 15) is 24.4 Å². The molecular formula is C34H35N5O5. The lowest BCUT2D eigenvalue weighted by molar-refractivity contribution is -0.136. The summed E-state index contributed by atoms with van der Waals surface area (Å²) in [6.07, 6.45) is 2.76. The average molecular weight is 594 g/mol. The molecule has 0 radical (unpaired) electrons. The molecule has 0 fully saturated rings. The number of carbonyl (C=O) groups is 4. The lowest BCUT2D eigenvalue weighted by Gasteiger charge is -2.22. The number of nitrogens with zero attached hydrogens (tertiary/aromatic N) is 4. The Hall–Kier alpha value is -5.17. The summed E-state index contributed by atoms with van der Waals surface area (Å²) in [6, 6.07) is 16.4. The van der Waals surface area contributed by atoms with Crippen molar-refractivity contribution in [2.75, 3.05) is 6.54 Å². The number of aromatic nitrogens is 2. The Kier molecular flexibility index (Phi) is 8.15. The van der Waals surface area contributed by atoms with Gasteiger partial charge in [0.15, 0.2) is 5.78 Å². The Labute approximate surface area is 255 Å². The summed E-state index contributed by atoms with van der Waals surface area (Å²) in [5, 5.41) is 13.6. The van der Waals surface area contributed by atoms with Crippen LogP contribution in [0.3, 0.4) is 0 Å². The van der Waals surface area contributed by atoms with Crippen LogP contribution in [-0.4, -0.2) is 55.9 Å². The van der Waals surface area contributed by atoms with Gasteiger partial charge in [-0.2, -0.15) is 5.26 Å². The highest BCUT2D eigenvalue weighted by molar-refractivity contribution is 6.50. The molecule has 2 aromatic carbocycles. The first kappa shape index (κ1) is 30.3. The van der Waals surface area contributed by atoms with Crippen LogP contribution in [0.4, 0.5) is 4.79 Å². The minimum atomic E-state index is -0.879. The zero-order valence-corrected chi connectivity index (χ0v) is 25.5. The quantitative estimate of drug-likeness (QED) is 0.263. The fourth-order valence-electron chi connectivity index (χ4n) is 5.64. The summed E-state index contributed by atoms with van der Waals surface area (Å²) < 4.78 is 9.04. The molecular weight excluding hydrogens is 558 g/mol. The summed E-state index contributed by atoms with van der Waals surface area (Å²) >= 11 is 0. The number of benzene rings is 2.